The van der Waals surface area contributed by atoms with Crippen LogP contribution in [-0.2, 0) is 6.54 Å². The van der Waals surface area contributed by atoms with Crippen molar-refractivity contribution in [1.29, 1.82) is 0 Å². The van der Waals surface area contributed by atoms with Crippen molar-refractivity contribution in [2.45, 2.75) is 26.3 Å². The Morgan fingerprint density at radius 1 is 1.11 bits per heavy atom. The molecule has 4 rings (SSSR count). The average Bonchev–Trinajstić information content (AvgIpc) is 3.34. The molecule has 1 N–H and O–H groups in total. The molecule has 1 atom stereocenters. The minimum absolute atomic E-state index is 0.0299. The molecule has 0 bridgehead atoms. The molecule has 0 aromatic carbocycles. The van der Waals surface area contributed by atoms with Gasteiger partial charge < -0.3 is 15.1 Å². The number of carbonyl (C=O) groups is 1. The Hall–Kier alpha value is -2.61. The summed E-state index contributed by atoms with van der Waals surface area (Å²) in [5, 5.41) is 3.09. The number of hydrogen-bond acceptors (Lipinski definition) is 7. The fraction of sp³-hybridized carbons (Fsp3) is 0.526. The van der Waals surface area contributed by atoms with Crippen LogP contribution in [0.5, 0.6) is 0 Å². The van der Waals surface area contributed by atoms with Gasteiger partial charge in [0, 0.05) is 49.8 Å². The van der Waals surface area contributed by atoms with Gasteiger partial charge in [-0.1, -0.05) is 6.92 Å². The zero-order valence-electron chi connectivity index (χ0n) is 15.6. The molecule has 1 amide bonds. The summed E-state index contributed by atoms with van der Waals surface area (Å²) < 4.78 is 0. The van der Waals surface area contributed by atoms with Crippen LogP contribution < -0.4 is 5.32 Å². The van der Waals surface area contributed by atoms with E-state index < -0.39 is 0 Å². The first-order valence-electron chi connectivity index (χ1n) is 9.50. The maximum atomic E-state index is 12.8. The Morgan fingerprint density at radius 2 is 1.93 bits per heavy atom. The SMILES string of the molecule is CCN1CCC2(CCN(C(=O)c3cnc(NCc4cnccn4)nc3)C2)C1. The number of aromatic nitrogens is 4. The van der Waals surface area contributed by atoms with Crippen molar-refractivity contribution in [3.05, 3.63) is 42.2 Å². The van der Waals surface area contributed by atoms with Crippen molar-refractivity contribution < 1.29 is 4.79 Å². The lowest BCUT2D eigenvalue weighted by molar-refractivity contribution is 0.0772. The van der Waals surface area contributed by atoms with Crippen LogP contribution in [0.4, 0.5) is 5.95 Å². The Kier molecular flexibility index (Phi) is 4.98. The molecular weight excluding hydrogens is 342 g/mol. The lowest BCUT2D eigenvalue weighted by Gasteiger charge is -2.24. The molecule has 2 saturated heterocycles. The van der Waals surface area contributed by atoms with Gasteiger partial charge in [-0.05, 0) is 25.9 Å². The molecule has 2 aromatic heterocycles. The third kappa shape index (κ3) is 3.90. The van der Waals surface area contributed by atoms with E-state index in [-0.39, 0.29) is 11.3 Å². The van der Waals surface area contributed by atoms with E-state index in [2.05, 4.69) is 37.1 Å². The number of carbonyl (C=O) groups excluding carboxylic acids is 1. The minimum Gasteiger partial charge on any atom is -0.349 e. The largest absolute Gasteiger partial charge is 0.349 e. The van der Waals surface area contributed by atoms with Crippen molar-refractivity contribution in [2.24, 2.45) is 5.41 Å². The van der Waals surface area contributed by atoms with Crippen LogP contribution in [0.2, 0.25) is 0 Å². The molecule has 2 aliphatic rings. The van der Waals surface area contributed by atoms with Gasteiger partial charge in [-0.2, -0.15) is 0 Å². The Bertz CT molecular complexity index is 782. The number of rotatable bonds is 5. The first-order chi connectivity index (χ1) is 13.2. The predicted molar refractivity (Wildman–Crippen MR) is 101 cm³/mol. The van der Waals surface area contributed by atoms with Gasteiger partial charge in [0.15, 0.2) is 0 Å². The summed E-state index contributed by atoms with van der Waals surface area (Å²) in [4.78, 5) is 34.0. The van der Waals surface area contributed by atoms with E-state index in [1.807, 2.05) is 4.90 Å². The molecule has 4 heterocycles. The van der Waals surface area contributed by atoms with Gasteiger partial charge in [0.2, 0.25) is 5.95 Å². The third-order valence-corrected chi connectivity index (χ3v) is 5.63. The number of nitrogens with one attached hydrogen (secondary N) is 1. The zero-order chi connectivity index (χ0) is 18.7. The Morgan fingerprint density at radius 3 is 2.63 bits per heavy atom. The van der Waals surface area contributed by atoms with Crippen molar-refractivity contribution >= 4 is 11.9 Å². The topological polar surface area (TPSA) is 87.1 Å². The molecule has 8 nitrogen and oxygen atoms in total. The summed E-state index contributed by atoms with van der Waals surface area (Å²) in [5.41, 5.74) is 1.63. The van der Waals surface area contributed by atoms with Crippen LogP contribution in [0, 0.1) is 5.41 Å². The van der Waals surface area contributed by atoms with Crippen LogP contribution >= 0.6 is 0 Å². The summed E-state index contributed by atoms with van der Waals surface area (Å²) in [6.07, 6.45) is 10.5. The zero-order valence-corrected chi connectivity index (χ0v) is 15.6. The van der Waals surface area contributed by atoms with Crippen LogP contribution in [0.15, 0.2) is 31.0 Å². The van der Waals surface area contributed by atoms with Gasteiger partial charge in [0.25, 0.3) is 5.91 Å². The molecule has 0 radical (unpaired) electrons. The fourth-order valence-corrected chi connectivity index (χ4v) is 4.04. The molecule has 8 heteroatoms. The van der Waals surface area contributed by atoms with Gasteiger partial charge in [0.1, 0.15) is 0 Å². The Balaban J connectivity index is 1.34. The summed E-state index contributed by atoms with van der Waals surface area (Å²) in [5.74, 6) is 0.506. The van der Waals surface area contributed by atoms with E-state index in [1.54, 1.807) is 31.0 Å². The lowest BCUT2D eigenvalue weighted by Crippen LogP contribution is -2.34. The monoisotopic (exact) mass is 367 g/mol. The fourth-order valence-electron chi connectivity index (χ4n) is 4.04. The van der Waals surface area contributed by atoms with E-state index in [0.717, 1.165) is 44.8 Å². The summed E-state index contributed by atoms with van der Waals surface area (Å²) >= 11 is 0. The summed E-state index contributed by atoms with van der Waals surface area (Å²) in [6, 6.07) is 0. The van der Waals surface area contributed by atoms with E-state index in [1.165, 1.54) is 6.42 Å². The first-order valence-corrected chi connectivity index (χ1v) is 9.50. The molecular formula is C19H25N7O. The lowest BCUT2D eigenvalue weighted by atomic mass is 9.86. The molecule has 1 spiro atoms. The molecule has 2 fully saturated rings. The van der Waals surface area contributed by atoms with Crippen molar-refractivity contribution in [1.82, 2.24) is 29.7 Å². The number of hydrogen-bond donors (Lipinski definition) is 1. The van der Waals surface area contributed by atoms with Gasteiger partial charge in [0.05, 0.1) is 24.0 Å². The summed E-state index contributed by atoms with van der Waals surface area (Å²) in [7, 11) is 0. The molecule has 1 unspecified atom stereocenters. The molecule has 0 aliphatic carbocycles. The maximum Gasteiger partial charge on any atom is 0.257 e. The second-order valence-electron chi connectivity index (χ2n) is 7.44. The molecule has 0 saturated carbocycles. The highest BCUT2D eigenvalue weighted by molar-refractivity contribution is 5.94. The number of likely N-dealkylation sites (tertiary alicyclic amines) is 2. The van der Waals surface area contributed by atoms with Crippen LogP contribution in [-0.4, -0.2) is 68.4 Å². The van der Waals surface area contributed by atoms with Crippen molar-refractivity contribution in [2.75, 3.05) is 38.0 Å². The normalized spacial score (nSPS) is 22.5. The van der Waals surface area contributed by atoms with Gasteiger partial charge in [-0.3, -0.25) is 14.8 Å². The average molecular weight is 367 g/mol. The third-order valence-electron chi connectivity index (χ3n) is 5.63. The highest BCUT2D eigenvalue weighted by Gasteiger charge is 2.44. The van der Waals surface area contributed by atoms with Gasteiger partial charge in [-0.15, -0.1) is 0 Å². The molecule has 27 heavy (non-hydrogen) atoms. The van der Waals surface area contributed by atoms with Crippen LogP contribution in [0.3, 0.4) is 0 Å². The maximum absolute atomic E-state index is 12.8. The van der Waals surface area contributed by atoms with Gasteiger partial charge >= 0.3 is 0 Å². The van der Waals surface area contributed by atoms with E-state index in [4.69, 9.17) is 0 Å². The predicted octanol–water partition coefficient (Wildman–Crippen LogP) is 1.44. The van der Waals surface area contributed by atoms with Crippen molar-refractivity contribution in [3.63, 3.8) is 0 Å². The van der Waals surface area contributed by atoms with Crippen LogP contribution in [0.25, 0.3) is 0 Å². The number of anilines is 1. The van der Waals surface area contributed by atoms with Crippen LogP contribution in [0.1, 0.15) is 35.8 Å². The second-order valence-corrected chi connectivity index (χ2v) is 7.44. The highest BCUT2D eigenvalue weighted by atomic mass is 16.2. The second kappa shape index (κ2) is 7.56. The number of amides is 1. The van der Waals surface area contributed by atoms with Gasteiger partial charge in [-0.25, -0.2) is 9.97 Å². The first kappa shape index (κ1) is 17.8. The highest BCUT2D eigenvalue weighted by Crippen LogP contribution is 2.39. The standard InChI is InChI=1S/C19H25N7O/c1-2-25-7-3-19(13-25)4-8-26(14-19)17(27)15-9-22-18(23-10-15)24-12-16-11-20-5-6-21-16/h5-6,9-11H,2-4,7-8,12-14H2,1H3,(H,22,23,24). The summed E-state index contributed by atoms with van der Waals surface area (Å²) in [6.45, 7) is 7.70. The molecule has 2 aromatic rings. The molecule has 2 aliphatic heterocycles. The quantitative estimate of drug-likeness (QED) is 0.855. The number of nitrogens with zero attached hydrogens (tertiary/aromatic N) is 6. The van der Waals surface area contributed by atoms with E-state index in [0.29, 0.717) is 18.1 Å². The van der Waals surface area contributed by atoms with E-state index in [9.17, 15) is 4.79 Å². The van der Waals surface area contributed by atoms with E-state index >= 15 is 0 Å². The Labute approximate surface area is 159 Å². The smallest absolute Gasteiger partial charge is 0.257 e. The van der Waals surface area contributed by atoms with Crippen molar-refractivity contribution in [3.8, 4) is 0 Å². The molecule has 142 valence electrons. The minimum atomic E-state index is 0.0299.